The summed E-state index contributed by atoms with van der Waals surface area (Å²) in [6.45, 7) is 0.324. The number of carbonyl (C=O) groups is 1. The molecule has 2 aromatic carbocycles. The number of methoxy groups -OCH3 is 1. The molecule has 104 valence electrons. The van der Waals surface area contributed by atoms with Gasteiger partial charge in [-0.3, -0.25) is 4.79 Å². The van der Waals surface area contributed by atoms with Gasteiger partial charge in [0.05, 0.1) is 12.7 Å². The van der Waals surface area contributed by atoms with Crippen LogP contribution >= 0.6 is 27.5 Å². The summed E-state index contributed by atoms with van der Waals surface area (Å²) in [7, 11) is 1.52. The lowest BCUT2D eigenvalue weighted by Gasteiger charge is -2.13. The maximum atomic E-state index is 11.4. The van der Waals surface area contributed by atoms with E-state index in [4.69, 9.17) is 21.1 Å². The summed E-state index contributed by atoms with van der Waals surface area (Å²) in [5, 5.41) is -0.574. The SMILES string of the molecule is COc1cccc(C(=O)Cl)c1OCc1ccc(Br)cc1. The monoisotopic (exact) mass is 354 g/mol. The molecule has 3 nitrogen and oxygen atoms in total. The van der Waals surface area contributed by atoms with Gasteiger partial charge < -0.3 is 9.47 Å². The number of halogens is 2. The summed E-state index contributed by atoms with van der Waals surface area (Å²) >= 11 is 8.93. The fourth-order valence-electron chi connectivity index (χ4n) is 1.72. The van der Waals surface area contributed by atoms with Crippen molar-refractivity contribution in [2.45, 2.75) is 6.61 Å². The van der Waals surface area contributed by atoms with Gasteiger partial charge in [-0.25, -0.2) is 0 Å². The lowest BCUT2D eigenvalue weighted by Crippen LogP contribution is -2.02. The van der Waals surface area contributed by atoms with Crippen molar-refractivity contribution in [3.63, 3.8) is 0 Å². The largest absolute Gasteiger partial charge is 0.493 e. The first kappa shape index (κ1) is 14.9. The molecule has 0 atom stereocenters. The van der Waals surface area contributed by atoms with Gasteiger partial charge in [0.2, 0.25) is 0 Å². The highest BCUT2D eigenvalue weighted by atomic mass is 79.9. The van der Waals surface area contributed by atoms with Crippen LogP contribution in [-0.4, -0.2) is 12.4 Å². The minimum atomic E-state index is -0.574. The quantitative estimate of drug-likeness (QED) is 0.745. The van der Waals surface area contributed by atoms with Crippen molar-refractivity contribution in [3.8, 4) is 11.5 Å². The van der Waals surface area contributed by atoms with Crippen LogP contribution in [0.2, 0.25) is 0 Å². The van der Waals surface area contributed by atoms with Crippen molar-refractivity contribution in [1.82, 2.24) is 0 Å². The van der Waals surface area contributed by atoms with Crippen molar-refractivity contribution in [2.75, 3.05) is 7.11 Å². The number of para-hydroxylation sites is 1. The van der Waals surface area contributed by atoms with E-state index in [9.17, 15) is 4.79 Å². The third kappa shape index (κ3) is 3.52. The predicted molar refractivity (Wildman–Crippen MR) is 81.7 cm³/mol. The Morgan fingerprint density at radius 2 is 1.90 bits per heavy atom. The Hall–Kier alpha value is -1.52. The topological polar surface area (TPSA) is 35.5 Å². The molecule has 0 fully saturated rings. The highest BCUT2D eigenvalue weighted by Gasteiger charge is 2.15. The minimum Gasteiger partial charge on any atom is -0.493 e. The van der Waals surface area contributed by atoms with E-state index in [2.05, 4.69) is 15.9 Å². The van der Waals surface area contributed by atoms with Crippen molar-refractivity contribution in [1.29, 1.82) is 0 Å². The number of carbonyl (C=O) groups excluding carboxylic acids is 1. The maximum absolute atomic E-state index is 11.4. The van der Waals surface area contributed by atoms with Crippen LogP contribution in [0.3, 0.4) is 0 Å². The lowest BCUT2D eigenvalue weighted by molar-refractivity contribution is 0.107. The first-order valence-electron chi connectivity index (χ1n) is 5.86. The Kier molecular flexibility index (Phi) is 5.04. The summed E-state index contributed by atoms with van der Waals surface area (Å²) < 4.78 is 11.9. The molecule has 0 unspecified atom stereocenters. The van der Waals surface area contributed by atoms with Crippen LogP contribution in [0.1, 0.15) is 15.9 Å². The Bertz CT molecular complexity index is 611. The van der Waals surface area contributed by atoms with Gasteiger partial charge in [-0.1, -0.05) is 34.1 Å². The second-order valence-corrected chi connectivity index (χ2v) is 5.28. The van der Waals surface area contributed by atoms with E-state index in [-0.39, 0.29) is 0 Å². The Morgan fingerprint density at radius 1 is 1.20 bits per heavy atom. The van der Waals surface area contributed by atoms with Crippen molar-refractivity contribution >= 4 is 32.8 Å². The molecule has 0 N–H and O–H groups in total. The molecule has 0 aliphatic carbocycles. The molecule has 0 heterocycles. The number of benzene rings is 2. The van der Waals surface area contributed by atoms with Gasteiger partial charge in [-0.15, -0.1) is 0 Å². The molecule has 0 aromatic heterocycles. The predicted octanol–water partition coefficient (Wildman–Crippen LogP) is 4.42. The molecule has 0 bridgehead atoms. The van der Waals surface area contributed by atoms with Crippen LogP contribution in [0.4, 0.5) is 0 Å². The van der Waals surface area contributed by atoms with Gasteiger partial charge in [-0.05, 0) is 41.4 Å². The standard InChI is InChI=1S/C15H12BrClO3/c1-19-13-4-2-3-12(15(17)18)14(13)20-9-10-5-7-11(16)8-6-10/h2-8H,9H2,1H3. The number of hydrogen-bond acceptors (Lipinski definition) is 3. The molecular weight excluding hydrogens is 344 g/mol. The third-order valence-corrected chi connectivity index (χ3v) is 3.44. The summed E-state index contributed by atoms with van der Waals surface area (Å²) in [6, 6.07) is 12.7. The molecule has 0 aliphatic heterocycles. The van der Waals surface area contributed by atoms with E-state index >= 15 is 0 Å². The van der Waals surface area contributed by atoms with Crippen LogP contribution in [0.5, 0.6) is 11.5 Å². The molecule has 0 saturated heterocycles. The van der Waals surface area contributed by atoms with Crippen molar-refractivity contribution in [3.05, 3.63) is 58.1 Å². The van der Waals surface area contributed by atoms with Gasteiger partial charge in [0, 0.05) is 4.47 Å². The van der Waals surface area contributed by atoms with Crippen molar-refractivity contribution < 1.29 is 14.3 Å². The van der Waals surface area contributed by atoms with Gasteiger partial charge in [-0.2, -0.15) is 0 Å². The fourth-order valence-corrected chi connectivity index (χ4v) is 2.13. The molecule has 0 radical (unpaired) electrons. The zero-order valence-electron chi connectivity index (χ0n) is 10.7. The van der Waals surface area contributed by atoms with E-state index < -0.39 is 5.24 Å². The van der Waals surface area contributed by atoms with Crippen LogP contribution in [-0.2, 0) is 6.61 Å². The fraction of sp³-hybridized carbons (Fsp3) is 0.133. The number of hydrogen-bond donors (Lipinski definition) is 0. The van der Waals surface area contributed by atoms with Crippen LogP contribution in [0, 0.1) is 0 Å². The van der Waals surface area contributed by atoms with E-state index in [1.807, 2.05) is 24.3 Å². The molecule has 2 rings (SSSR count). The minimum absolute atomic E-state index is 0.295. The Morgan fingerprint density at radius 3 is 2.50 bits per heavy atom. The van der Waals surface area contributed by atoms with E-state index in [1.54, 1.807) is 18.2 Å². The smallest absolute Gasteiger partial charge is 0.256 e. The molecule has 0 spiro atoms. The van der Waals surface area contributed by atoms with Crippen molar-refractivity contribution in [2.24, 2.45) is 0 Å². The van der Waals surface area contributed by atoms with Gasteiger partial charge in [0.1, 0.15) is 6.61 Å². The van der Waals surface area contributed by atoms with Crippen LogP contribution < -0.4 is 9.47 Å². The van der Waals surface area contributed by atoms with E-state index in [1.165, 1.54) is 7.11 Å². The van der Waals surface area contributed by atoms with E-state index in [0.29, 0.717) is 23.7 Å². The molecule has 2 aromatic rings. The summed E-state index contributed by atoms with van der Waals surface area (Å²) in [6.07, 6.45) is 0. The lowest BCUT2D eigenvalue weighted by atomic mass is 10.2. The highest BCUT2D eigenvalue weighted by molar-refractivity contribution is 9.10. The van der Waals surface area contributed by atoms with Crippen LogP contribution in [0.15, 0.2) is 46.9 Å². The number of ether oxygens (including phenoxy) is 2. The Balaban J connectivity index is 2.23. The second kappa shape index (κ2) is 6.77. The molecule has 20 heavy (non-hydrogen) atoms. The molecule has 5 heteroatoms. The average molecular weight is 356 g/mol. The first-order valence-corrected chi connectivity index (χ1v) is 7.03. The highest BCUT2D eigenvalue weighted by Crippen LogP contribution is 2.32. The van der Waals surface area contributed by atoms with Gasteiger partial charge >= 0.3 is 0 Å². The van der Waals surface area contributed by atoms with E-state index in [0.717, 1.165) is 10.0 Å². The van der Waals surface area contributed by atoms with Crippen LogP contribution in [0.25, 0.3) is 0 Å². The zero-order valence-corrected chi connectivity index (χ0v) is 13.1. The summed E-state index contributed by atoms with van der Waals surface area (Å²) in [5.74, 6) is 0.839. The summed E-state index contributed by atoms with van der Waals surface area (Å²) in [5.41, 5.74) is 1.27. The molecule has 0 aliphatic rings. The number of rotatable bonds is 5. The molecule has 0 saturated carbocycles. The normalized spacial score (nSPS) is 10.2. The Labute approximate surface area is 130 Å². The second-order valence-electron chi connectivity index (χ2n) is 4.03. The first-order chi connectivity index (χ1) is 9.61. The molecule has 0 amide bonds. The average Bonchev–Trinajstić information content (AvgIpc) is 2.46. The third-order valence-electron chi connectivity index (χ3n) is 2.71. The summed E-state index contributed by atoms with van der Waals surface area (Å²) in [4.78, 5) is 11.4. The van der Waals surface area contributed by atoms with Gasteiger partial charge in [0.15, 0.2) is 11.5 Å². The zero-order chi connectivity index (χ0) is 14.5. The van der Waals surface area contributed by atoms with Gasteiger partial charge in [0.25, 0.3) is 5.24 Å². The maximum Gasteiger partial charge on any atom is 0.256 e. The molecular formula is C15H12BrClO3.